The molecule has 0 spiro atoms. The van der Waals surface area contributed by atoms with E-state index in [-0.39, 0.29) is 26.7 Å². The summed E-state index contributed by atoms with van der Waals surface area (Å²) in [5.41, 5.74) is 1.06. The zero-order valence-corrected chi connectivity index (χ0v) is 16.7. The van der Waals surface area contributed by atoms with Crippen LogP contribution in [0.15, 0.2) is 53.4 Å². The highest BCUT2D eigenvalue weighted by molar-refractivity contribution is 7.87. The number of hydrogen-bond acceptors (Lipinski definition) is 4. The molecule has 0 atom stereocenters. The average molecular weight is 429 g/mol. The van der Waals surface area contributed by atoms with Gasteiger partial charge in [0.1, 0.15) is 10.7 Å². The molecule has 0 unspecified atom stereocenters. The summed E-state index contributed by atoms with van der Waals surface area (Å²) < 4.78 is 45.3. The maximum Gasteiger partial charge on any atom is 0.342 e. The topological polar surface area (TPSA) is 61.2 Å². The van der Waals surface area contributed by atoms with Crippen LogP contribution in [0.3, 0.4) is 0 Å². The molecule has 0 aliphatic carbocycles. The van der Waals surface area contributed by atoms with Gasteiger partial charge < -0.3 is 4.18 Å². The Morgan fingerprint density at radius 1 is 1.07 bits per heavy atom. The van der Waals surface area contributed by atoms with E-state index in [1.165, 1.54) is 53.2 Å². The molecule has 0 amide bonds. The zero-order chi connectivity index (χ0) is 19.8. The second-order valence-electron chi connectivity index (χ2n) is 6.06. The third-order valence-corrected chi connectivity index (χ3v) is 5.66. The molecule has 142 valence electrons. The van der Waals surface area contributed by atoms with E-state index in [4.69, 9.17) is 27.4 Å². The minimum Gasteiger partial charge on any atom is -0.358 e. The van der Waals surface area contributed by atoms with Gasteiger partial charge in [-0.2, -0.15) is 18.2 Å². The maximum atomic E-state index is 13.2. The molecule has 0 saturated heterocycles. The van der Waals surface area contributed by atoms with Crippen LogP contribution in [-0.2, 0) is 10.1 Å². The molecular formula is C18H15Cl2FN2O3S. The van der Waals surface area contributed by atoms with Crippen LogP contribution >= 0.6 is 23.2 Å². The van der Waals surface area contributed by atoms with Crippen molar-refractivity contribution in [3.05, 3.63) is 70.1 Å². The van der Waals surface area contributed by atoms with Crippen LogP contribution in [0.25, 0.3) is 5.69 Å². The minimum atomic E-state index is -4.27. The Morgan fingerprint density at radius 3 is 2.37 bits per heavy atom. The quantitative estimate of drug-likeness (QED) is 0.523. The molecule has 5 nitrogen and oxygen atoms in total. The van der Waals surface area contributed by atoms with Gasteiger partial charge in [-0.25, -0.2) is 4.39 Å². The van der Waals surface area contributed by atoms with Crippen molar-refractivity contribution in [2.45, 2.75) is 24.7 Å². The van der Waals surface area contributed by atoms with Crippen molar-refractivity contribution < 1.29 is 17.0 Å². The first-order valence-corrected chi connectivity index (χ1v) is 10.1. The molecule has 0 fully saturated rings. The van der Waals surface area contributed by atoms with E-state index in [2.05, 4.69) is 5.10 Å². The van der Waals surface area contributed by atoms with Gasteiger partial charge in [0, 0.05) is 11.1 Å². The first-order chi connectivity index (χ1) is 12.7. The zero-order valence-electron chi connectivity index (χ0n) is 14.4. The highest BCUT2D eigenvalue weighted by Gasteiger charge is 2.24. The van der Waals surface area contributed by atoms with Gasteiger partial charge in [0.25, 0.3) is 0 Å². The van der Waals surface area contributed by atoms with Crippen molar-refractivity contribution in [2.24, 2.45) is 0 Å². The highest BCUT2D eigenvalue weighted by atomic mass is 35.5. The average Bonchev–Trinajstić information content (AvgIpc) is 3.01. The third kappa shape index (κ3) is 4.26. The number of rotatable bonds is 5. The third-order valence-electron chi connectivity index (χ3n) is 3.72. The van der Waals surface area contributed by atoms with Gasteiger partial charge in [-0.3, -0.25) is 0 Å². The predicted molar refractivity (Wildman–Crippen MR) is 102 cm³/mol. The lowest BCUT2D eigenvalue weighted by Gasteiger charge is -2.10. The van der Waals surface area contributed by atoms with E-state index in [9.17, 15) is 12.8 Å². The van der Waals surface area contributed by atoms with Crippen molar-refractivity contribution in [3.63, 3.8) is 0 Å². The molecule has 0 aliphatic rings. The highest BCUT2D eigenvalue weighted by Crippen LogP contribution is 2.30. The predicted octanol–water partition coefficient (Wildman–Crippen LogP) is 5.21. The molecule has 1 heterocycles. The summed E-state index contributed by atoms with van der Waals surface area (Å²) in [6.45, 7) is 3.81. The SMILES string of the molecule is CC(C)c1cc(OS(=O)(=O)c2cc(Cl)ccc2Cl)n(-c2ccc(F)cc2)n1. The normalized spacial score (nSPS) is 11.8. The fourth-order valence-electron chi connectivity index (χ4n) is 2.32. The Balaban J connectivity index is 2.08. The Labute approximate surface area is 166 Å². The smallest absolute Gasteiger partial charge is 0.342 e. The molecule has 2 aromatic carbocycles. The molecule has 1 aromatic heterocycles. The number of halogens is 3. The van der Waals surface area contributed by atoms with E-state index < -0.39 is 15.9 Å². The van der Waals surface area contributed by atoms with Gasteiger partial charge in [0.15, 0.2) is 0 Å². The van der Waals surface area contributed by atoms with E-state index in [0.29, 0.717) is 11.4 Å². The molecule has 0 radical (unpaired) electrons. The van der Waals surface area contributed by atoms with Crippen molar-refractivity contribution >= 4 is 33.3 Å². The molecular weight excluding hydrogens is 414 g/mol. The number of benzene rings is 2. The van der Waals surface area contributed by atoms with Crippen LogP contribution in [0.4, 0.5) is 4.39 Å². The van der Waals surface area contributed by atoms with E-state index >= 15 is 0 Å². The summed E-state index contributed by atoms with van der Waals surface area (Å²) >= 11 is 11.9. The second-order valence-corrected chi connectivity index (χ2v) is 8.42. The molecule has 0 aliphatic heterocycles. The molecule has 27 heavy (non-hydrogen) atoms. The van der Waals surface area contributed by atoms with E-state index in [0.717, 1.165) is 0 Å². The first kappa shape index (κ1) is 19.7. The van der Waals surface area contributed by atoms with Crippen LogP contribution in [-0.4, -0.2) is 18.2 Å². The Hall–Kier alpha value is -2.09. The van der Waals surface area contributed by atoms with Crippen molar-refractivity contribution in [1.29, 1.82) is 0 Å². The standard InChI is InChI=1S/C18H15Cl2FN2O3S/c1-11(2)16-10-18(23(22-16)14-6-4-13(21)5-7-14)26-27(24,25)17-9-12(19)3-8-15(17)20/h3-11H,1-2H3. The lowest BCUT2D eigenvalue weighted by molar-refractivity contribution is 0.465. The van der Waals surface area contributed by atoms with Gasteiger partial charge in [0.05, 0.1) is 16.4 Å². The van der Waals surface area contributed by atoms with Crippen LogP contribution in [0.5, 0.6) is 5.88 Å². The number of nitrogens with zero attached hydrogens (tertiary/aromatic N) is 2. The molecule has 3 aromatic rings. The fraction of sp³-hybridized carbons (Fsp3) is 0.167. The fourth-order valence-corrected chi connectivity index (χ4v) is 3.97. The monoisotopic (exact) mass is 428 g/mol. The van der Waals surface area contributed by atoms with Gasteiger partial charge in [-0.15, -0.1) is 0 Å². The number of hydrogen-bond donors (Lipinski definition) is 0. The van der Waals surface area contributed by atoms with Crippen molar-refractivity contribution in [1.82, 2.24) is 9.78 Å². The molecule has 3 rings (SSSR count). The van der Waals surface area contributed by atoms with Gasteiger partial charge >= 0.3 is 10.1 Å². The van der Waals surface area contributed by atoms with Crippen LogP contribution in [0.2, 0.25) is 10.0 Å². The van der Waals surface area contributed by atoms with Crippen molar-refractivity contribution in [2.75, 3.05) is 0 Å². The first-order valence-electron chi connectivity index (χ1n) is 7.93. The van der Waals surface area contributed by atoms with E-state index in [1.54, 1.807) is 0 Å². The Bertz CT molecular complexity index is 1080. The Morgan fingerprint density at radius 2 is 1.74 bits per heavy atom. The second kappa shape index (κ2) is 7.50. The lowest BCUT2D eigenvalue weighted by atomic mass is 10.1. The van der Waals surface area contributed by atoms with E-state index in [1.807, 2.05) is 13.8 Å². The minimum absolute atomic E-state index is 0.0173. The van der Waals surface area contributed by atoms with Crippen molar-refractivity contribution in [3.8, 4) is 11.6 Å². The molecule has 0 N–H and O–H groups in total. The molecule has 0 saturated carbocycles. The Kier molecular flexibility index (Phi) is 5.46. The number of aromatic nitrogens is 2. The largest absolute Gasteiger partial charge is 0.358 e. The summed E-state index contributed by atoms with van der Waals surface area (Å²) in [6.07, 6.45) is 0. The summed E-state index contributed by atoms with van der Waals surface area (Å²) in [5, 5.41) is 4.56. The summed E-state index contributed by atoms with van der Waals surface area (Å²) in [6, 6.07) is 11.0. The maximum absolute atomic E-state index is 13.2. The van der Waals surface area contributed by atoms with Crippen LogP contribution in [0.1, 0.15) is 25.5 Å². The van der Waals surface area contributed by atoms with Gasteiger partial charge in [-0.1, -0.05) is 37.0 Å². The molecule has 0 bridgehead atoms. The lowest BCUT2D eigenvalue weighted by Crippen LogP contribution is -2.13. The molecule has 9 heteroatoms. The summed E-state index contributed by atoms with van der Waals surface area (Å²) in [5.74, 6) is -0.441. The summed E-state index contributed by atoms with van der Waals surface area (Å²) in [7, 11) is -4.27. The van der Waals surface area contributed by atoms with Gasteiger partial charge in [-0.05, 0) is 48.4 Å². The van der Waals surface area contributed by atoms with Crippen LogP contribution in [0, 0.1) is 5.82 Å². The summed E-state index contributed by atoms with van der Waals surface area (Å²) in [4.78, 5) is -0.255. The van der Waals surface area contributed by atoms with Crippen LogP contribution < -0.4 is 4.18 Å². The van der Waals surface area contributed by atoms with Gasteiger partial charge in [0.2, 0.25) is 5.88 Å².